The zero-order valence-corrected chi connectivity index (χ0v) is 13.7. The van der Waals surface area contributed by atoms with Crippen molar-refractivity contribution in [1.29, 1.82) is 0 Å². The van der Waals surface area contributed by atoms with Crippen molar-refractivity contribution < 1.29 is 14.8 Å². The molecule has 0 saturated carbocycles. The van der Waals surface area contributed by atoms with E-state index >= 15 is 0 Å². The molecule has 0 aliphatic rings. The van der Waals surface area contributed by atoms with Crippen LogP contribution in [-0.2, 0) is 11.3 Å². The Morgan fingerprint density at radius 3 is 2.71 bits per heavy atom. The lowest BCUT2D eigenvalue weighted by atomic mass is 10.1. The Morgan fingerprint density at radius 2 is 2.00 bits per heavy atom. The van der Waals surface area contributed by atoms with E-state index in [9.17, 15) is 20.0 Å². The van der Waals surface area contributed by atoms with Gasteiger partial charge in [-0.2, -0.15) is 0 Å². The number of carbonyl (C=O) groups is 1. The van der Waals surface area contributed by atoms with Crippen molar-refractivity contribution in [3.63, 3.8) is 0 Å². The zero-order valence-electron chi connectivity index (χ0n) is 12.2. The lowest BCUT2D eigenvalue weighted by molar-refractivity contribution is -0.385. The number of amides is 1. The lowest BCUT2D eigenvalue weighted by Crippen LogP contribution is -2.21. The molecule has 0 unspecified atom stereocenters. The van der Waals surface area contributed by atoms with E-state index in [0.717, 1.165) is 18.2 Å². The van der Waals surface area contributed by atoms with Gasteiger partial charge < -0.3 is 10.4 Å². The number of halogens is 2. The highest BCUT2D eigenvalue weighted by molar-refractivity contribution is 6.42. The molecular formula is C16H11Cl2N2O4-. The van der Waals surface area contributed by atoms with E-state index in [1.165, 1.54) is 12.2 Å². The molecule has 24 heavy (non-hydrogen) atoms. The first-order chi connectivity index (χ1) is 11.4. The van der Waals surface area contributed by atoms with Gasteiger partial charge in [0.05, 0.1) is 15.0 Å². The van der Waals surface area contributed by atoms with Crippen molar-refractivity contribution in [1.82, 2.24) is 5.32 Å². The standard InChI is InChI=1S/C16H12Cl2N2O4/c17-13-3-1-2-10(16(13)18)4-7-15(22)19-9-11-8-12(20(23)24)5-6-14(11)21/h1-8,21H,9H2,(H,19,22)/p-1/b7-4+. The Balaban J connectivity index is 2.03. The van der Waals surface area contributed by atoms with E-state index in [4.69, 9.17) is 23.2 Å². The Kier molecular flexibility index (Phi) is 5.78. The Hall–Kier alpha value is -2.57. The maximum absolute atomic E-state index is 11.8. The van der Waals surface area contributed by atoms with Crippen LogP contribution in [0.1, 0.15) is 11.1 Å². The Morgan fingerprint density at radius 1 is 1.25 bits per heavy atom. The van der Waals surface area contributed by atoms with Crippen LogP contribution in [0.5, 0.6) is 5.75 Å². The highest BCUT2D eigenvalue weighted by atomic mass is 35.5. The first-order valence-electron chi connectivity index (χ1n) is 6.72. The zero-order chi connectivity index (χ0) is 17.7. The van der Waals surface area contributed by atoms with Gasteiger partial charge in [0.25, 0.3) is 5.69 Å². The summed E-state index contributed by atoms with van der Waals surface area (Å²) in [6.07, 6.45) is 2.72. The highest BCUT2D eigenvalue weighted by Crippen LogP contribution is 2.26. The summed E-state index contributed by atoms with van der Waals surface area (Å²) >= 11 is 11.9. The monoisotopic (exact) mass is 365 g/mol. The highest BCUT2D eigenvalue weighted by Gasteiger charge is 2.07. The minimum Gasteiger partial charge on any atom is -0.872 e. The van der Waals surface area contributed by atoms with Gasteiger partial charge in [-0.15, -0.1) is 5.75 Å². The van der Waals surface area contributed by atoms with Crippen LogP contribution < -0.4 is 10.4 Å². The van der Waals surface area contributed by atoms with E-state index in [0.29, 0.717) is 15.6 Å². The average Bonchev–Trinajstić information content (AvgIpc) is 2.55. The van der Waals surface area contributed by atoms with Crippen LogP contribution in [0.2, 0.25) is 10.0 Å². The quantitative estimate of drug-likeness (QED) is 0.499. The van der Waals surface area contributed by atoms with E-state index in [-0.39, 0.29) is 23.5 Å². The molecule has 0 heterocycles. The third kappa shape index (κ3) is 4.47. The molecule has 124 valence electrons. The maximum Gasteiger partial charge on any atom is 0.269 e. The fraction of sp³-hybridized carbons (Fsp3) is 0.0625. The van der Waals surface area contributed by atoms with Crippen molar-refractivity contribution in [2.75, 3.05) is 0 Å². The van der Waals surface area contributed by atoms with Crippen LogP contribution in [0.25, 0.3) is 6.08 Å². The van der Waals surface area contributed by atoms with Gasteiger partial charge in [0, 0.05) is 24.8 Å². The van der Waals surface area contributed by atoms with Crippen LogP contribution in [0.15, 0.2) is 42.5 Å². The number of nitro benzene ring substituents is 1. The molecule has 0 atom stereocenters. The van der Waals surface area contributed by atoms with Crippen LogP contribution >= 0.6 is 23.2 Å². The third-order valence-corrected chi connectivity index (χ3v) is 3.94. The molecule has 0 aliphatic heterocycles. The average molecular weight is 366 g/mol. The van der Waals surface area contributed by atoms with Crippen LogP contribution in [0.3, 0.4) is 0 Å². The molecule has 0 aliphatic carbocycles. The second-order valence-electron chi connectivity index (χ2n) is 4.74. The van der Waals surface area contributed by atoms with E-state index in [1.807, 2.05) is 0 Å². The number of hydrogen-bond donors (Lipinski definition) is 1. The summed E-state index contributed by atoms with van der Waals surface area (Å²) in [6, 6.07) is 8.36. The first-order valence-corrected chi connectivity index (χ1v) is 7.48. The number of nitrogens with one attached hydrogen (secondary N) is 1. The van der Waals surface area contributed by atoms with E-state index in [2.05, 4.69) is 5.32 Å². The number of benzene rings is 2. The molecule has 0 radical (unpaired) electrons. The van der Waals surface area contributed by atoms with Gasteiger partial charge in [-0.1, -0.05) is 41.4 Å². The van der Waals surface area contributed by atoms with Gasteiger partial charge in [-0.25, -0.2) is 0 Å². The van der Waals surface area contributed by atoms with Crippen molar-refractivity contribution >= 4 is 40.9 Å². The fourth-order valence-corrected chi connectivity index (χ4v) is 2.24. The number of carbonyl (C=O) groups excluding carboxylic acids is 1. The van der Waals surface area contributed by atoms with Crippen molar-refractivity contribution in [2.24, 2.45) is 0 Å². The summed E-state index contributed by atoms with van der Waals surface area (Å²) in [7, 11) is 0. The van der Waals surface area contributed by atoms with Crippen molar-refractivity contribution in [3.8, 4) is 5.75 Å². The molecular weight excluding hydrogens is 355 g/mol. The van der Waals surface area contributed by atoms with Gasteiger partial charge >= 0.3 is 0 Å². The minimum atomic E-state index is -0.605. The first kappa shape index (κ1) is 17.8. The second kappa shape index (κ2) is 7.81. The number of non-ortho nitro benzene ring substituents is 1. The largest absolute Gasteiger partial charge is 0.872 e. The molecule has 6 nitrogen and oxygen atoms in total. The van der Waals surface area contributed by atoms with Gasteiger partial charge in [0.15, 0.2) is 0 Å². The maximum atomic E-state index is 11.8. The number of nitro groups is 1. The molecule has 0 fully saturated rings. The van der Waals surface area contributed by atoms with Gasteiger partial charge in [-0.3, -0.25) is 14.9 Å². The summed E-state index contributed by atoms with van der Waals surface area (Å²) in [5, 5.41) is 25.5. The number of nitrogens with zero attached hydrogens (tertiary/aromatic N) is 1. The van der Waals surface area contributed by atoms with Crippen LogP contribution in [-0.4, -0.2) is 10.8 Å². The van der Waals surface area contributed by atoms with Crippen molar-refractivity contribution in [3.05, 3.63) is 73.8 Å². The van der Waals surface area contributed by atoms with Crippen LogP contribution in [0, 0.1) is 10.1 Å². The Labute approximate surface area is 147 Å². The van der Waals surface area contributed by atoms with Crippen molar-refractivity contribution in [2.45, 2.75) is 6.54 Å². The number of rotatable bonds is 5. The predicted octanol–water partition coefficient (Wildman–Crippen LogP) is 3.30. The van der Waals surface area contributed by atoms with E-state index in [1.54, 1.807) is 18.2 Å². The van der Waals surface area contributed by atoms with Gasteiger partial charge in [0.1, 0.15) is 0 Å². The second-order valence-corrected chi connectivity index (χ2v) is 5.53. The molecule has 0 spiro atoms. The molecule has 8 heteroatoms. The molecule has 2 aromatic carbocycles. The molecule has 1 amide bonds. The summed E-state index contributed by atoms with van der Waals surface area (Å²) in [5.41, 5.74) is 0.492. The fourth-order valence-electron chi connectivity index (χ4n) is 1.87. The number of hydrogen-bond acceptors (Lipinski definition) is 4. The van der Waals surface area contributed by atoms with Crippen LogP contribution in [0.4, 0.5) is 5.69 Å². The minimum absolute atomic E-state index is 0.118. The predicted molar refractivity (Wildman–Crippen MR) is 89.9 cm³/mol. The van der Waals surface area contributed by atoms with Gasteiger partial charge in [0.2, 0.25) is 5.91 Å². The summed E-state index contributed by atoms with van der Waals surface area (Å²) in [4.78, 5) is 21.9. The normalized spacial score (nSPS) is 10.8. The summed E-state index contributed by atoms with van der Waals surface area (Å²) in [5.74, 6) is -0.861. The lowest BCUT2D eigenvalue weighted by Gasteiger charge is -2.12. The SMILES string of the molecule is O=C(/C=C/c1cccc(Cl)c1Cl)NCc1cc([N+](=O)[O-])ccc1[O-]. The molecule has 2 rings (SSSR count). The topological polar surface area (TPSA) is 95.3 Å². The summed E-state index contributed by atoms with van der Waals surface area (Å²) < 4.78 is 0. The third-order valence-electron chi connectivity index (χ3n) is 3.10. The van der Waals surface area contributed by atoms with Gasteiger partial charge in [-0.05, 0) is 23.3 Å². The summed E-state index contributed by atoms with van der Waals surface area (Å²) in [6.45, 7) is -0.118. The smallest absolute Gasteiger partial charge is 0.269 e. The molecule has 0 aromatic heterocycles. The molecule has 2 aromatic rings. The molecule has 1 N–H and O–H groups in total. The van der Waals surface area contributed by atoms with E-state index < -0.39 is 10.8 Å². The molecule has 0 bridgehead atoms. The Bertz CT molecular complexity index is 822. The molecule has 0 saturated heterocycles.